The van der Waals surface area contributed by atoms with Gasteiger partial charge in [0.15, 0.2) is 0 Å². The topological polar surface area (TPSA) is 86.3 Å². The molecule has 0 radical (unpaired) electrons. The van der Waals surface area contributed by atoms with Crippen molar-refractivity contribution in [3.63, 3.8) is 0 Å². The highest BCUT2D eigenvalue weighted by atomic mass is 35.5. The van der Waals surface area contributed by atoms with E-state index in [-0.39, 0.29) is 18.3 Å². The molecule has 0 aliphatic heterocycles. The number of nitrogens with zero attached hydrogens (tertiary/aromatic N) is 5. The lowest BCUT2D eigenvalue weighted by Gasteiger charge is -2.18. The number of hydrogen-bond donors (Lipinski definition) is 1. The molecule has 0 amide bonds. The van der Waals surface area contributed by atoms with Gasteiger partial charge in [-0.15, -0.1) is 5.10 Å². The summed E-state index contributed by atoms with van der Waals surface area (Å²) >= 11 is 6.07. The van der Waals surface area contributed by atoms with E-state index >= 15 is 0 Å². The zero-order valence-corrected chi connectivity index (χ0v) is 21.3. The summed E-state index contributed by atoms with van der Waals surface area (Å²) in [6.45, 7) is 2.21. The van der Waals surface area contributed by atoms with Crippen molar-refractivity contribution in [2.75, 3.05) is 11.9 Å². The van der Waals surface area contributed by atoms with Crippen molar-refractivity contribution >= 4 is 22.9 Å². The molecular weight excluding hydrogens is 533 g/mol. The molecule has 0 saturated heterocycles. The fourth-order valence-electron chi connectivity index (χ4n) is 3.99. The van der Waals surface area contributed by atoms with E-state index in [9.17, 15) is 18.0 Å². The molecule has 1 atom stereocenters. The summed E-state index contributed by atoms with van der Waals surface area (Å²) in [4.78, 5) is 17.2. The Balaban J connectivity index is 1.49. The van der Waals surface area contributed by atoms with Crippen molar-refractivity contribution in [1.29, 1.82) is 0 Å². The molecular formula is C27H22ClF3N6O2. The van der Waals surface area contributed by atoms with Gasteiger partial charge in [0.05, 0.1) is 36.7 Å². The number of rotatable bonds is 8. The highest BCUT2D eigenvalue weighted by Crippen LogP contribution is 2.31. The van der Waals surface area contributed by atoms with Gasteiger partial charge in [0.1, 0.15) is 11.9 Å². The number of aromatic nitrogens is 5. The van der Waals surface area contributed by atoms with Crippen molar-refractivity contribution in [3.05, 3.63) is 106 Å². The summed E-state index contributed by atoms with van der Waals surface area (Å²) in [7, 11) is 0. The van der Waals surface area contributed by atoms with E-state index in [2.05, 4.69) is 20.5 Å². The number of anilines is 1. The largest absolute Gasteiger partial charge is 0.487 e. The molecule has 1 N–H and O–H groups in total. The van der Waals surface area contributed by atoms with E-state index in [0.29, 0.717) is 34.1 Å². The molecule has 200 valence electrons. The summed E-state index contributed by atoms with van der Waals surface area (Å²) in [6.07, 6.45) is 0.0976. The Kier molecular flexibility index (Phi) is 7.25. The molecule has 3 aromatic heterocycles. The summed E-state index contributed by atoms with van der Waals surface area (Å²) in [5.41, 5.74) is 1.46. The van der Waals surface area contributed by atoms with Crippen LogP contribution in [0, 0.1) is 0 Å². The van der Waals surface area contributed by atoms with Gasteiger partial charge in [-0.1, -0.05) is 35.9 Å². The van der Waals surface area contributed by atoms with Gasteiger partial charge < -0.3 is 10.1 Å². The minimum atomic E-state index is -4.45. The number of alkyl halides is 3. The highest BCUT2D eigenvalue weighted by molar-refractivity contribution is 6.30. The number of ether oxygens (including phenoxy) is 1. The number of benzene rings is 2. The summed E-state index contributed by atoms with van der Waals surface area (Å²) < 4.78 is 47.1. The zero-order valence-electron chi connectivity index (χ0n) is 20.6. The molecule has 2 aromatic carbocycles. The highest BCUT2D eigenvalue weighted by Gasteiger charge is 2.30. The van der Waals surface area contributed by atoms with Crippen LogP contribution in [-0.4, -0.2) is 37.0 Å². The van der Waals surface area contributed by atoms with E-state index < -0.39 is 17.4 Å². The van der Waals surface area contributed by atoms with Crippen LogP contribution in [0.1, 0.15) is 18.1 Å². The standard InChI is InChI=1S/C27H22ClF3N6O2/c1-17(39-22-3-2-12-32-14-22)13-33-24-23(19-6-10-21(28)11-7-19)15-34-37-25(24)35-36(26(37)38)16-18-4-8-20(9-5-18)27(29,30)31/h2-12,14-15,17,33H,13,16H2,1H3. The maximum Gasteiger partial charge on any atom is 0.416 e. The quantitative estimate of drug-likeness (QED) is 0.270. The van der Waals surface area contributed by atoms with Crippen LogP contribution in [0.4, 0.5) is 18.9 Å². The van der Waals surface area contributed by atoms with E-state index in [4.69, 9.17) is 16.3 Å². The molecule has 0 saturated carbocycles. The molecule has 3 heterocycles. The van der Waals surface area contributed by atoms with Crippen molar-refractivity contribution in [2.24, 2.45) is 0 Å². The smallest absolute Gasteiger partial charge is 0.416 e. The molecule has 39 heavy (non-hydrogen) atoms. The predicted octanol–water partition coefficient (Wildman–Crippen LogP) is 5.55. The molecule has 5 rings (SSSR count). The van der Waals surface area contributed by atoms with Gasteiger partial charge >= 0.3 is 11.9 Å². The van der Waals surface area contributed by atoms with Gasteiger partial charge in [0, 0.05) is 16.8 Å². The molecule has 0 spiro atoms. The molecule has 5 aromatic rings. The van der Waals surface area contributed by atoms with Crippen LogP contribution in [-0.2, 0) is 12.7 Å². The van der Waals surface area contributed by atoms with Crippen molar-refractivity contribution in [2.45, 2.75) is 25.7 Å². The Labute approximate surface area is 225 Å². The van der Waals surface area contributed by atoms with Crippen LogP contribution in [0.2, 0.25) is 5.02 Å². The number of pyridine rings is 1. The van der Waals surface area contributed by atoms with Gasteiger partial charge in [-0.25, -0.2) is 9.48 Å². The maximum atomic E-state index is 13.1. The van der Waals surface area contributed by atoms with Crippen molar-refractivity contribution in [1.82, 2.24) is 24.4 Å². The van der Waals surface area contributed by atoms with Gasteiger partial charge in [0.2, 0.25) is 5.65 Å². The molecule has 12 heteroatoms. The van der Waals surface area contributed by atoms with Gasteiger partial charge in [-0.05, 0) is 54.4 Å². The fourth-order valence-corrected chi connectivity index (χ4v) is 4.12. The lowest BCUT2D eigenvalue weighted by Crippen LogP contribution is -2.24. The van der Waals surface area contributed by atoms with E-state index in [1.54, 1.807) is 42.9 Å². The van der Waals surface area contributed by atoms with Crippen LogP contribution >= 0.6 is 11.6 Å². The van der Waals surface area contributed by atoms with Crippen LogP contribution in [0.5, 0.6) is 5.75 Å². The molecule has 1 unspecified atom stereocenters. The first-order valence-corrected chi connectivity index (χ1v) is 12.3. The average molecular weight is 555 g/mol. The third-order valence-corrected chi connectivity index (χ3v) is 6.17. The minimum absolute atomic E-state index is 0.0312. The number of hydrogen-bond acceptors (Lipinski definition) is 6. The van der Waals surface area contributed by atoms with E-state index in [0.717, 1.165) is 26.9 Å². The fraction of sp³-hybridized carbons (Fsp3) is 0.185. The molecule has 8 nitrogen and oxygen atoms in total. The number of nitrogens with one attached hydrogen (secondary N) is 1. The van der Waals surface area contributed by atoms with Crippen molar-refractivity contribution < 1.29 is 17.9 Å². The molecule has 0 aliphatic carbocycles. The van der Waals surface area contributed by atoms with E-state index in [1.165, 1.54) is 12.1 Å². The predicted molar refractivity (Wildman–Crippen MR) is 141 cm³/mol. The van der Waals surface area contributed by atoms with Crippen molar-refractivity contribution in [3.8, 4) is 16.9 Å². The Hall–Kier alpha value is -4.38. The Morgan fingerprint density at radius 1 is 1.05 bits per heavy atom. The zero-order chi connectivity index (χ0) is 27.6. The Morgan fingerprint density at radius 2 is 1.79 bits per heavy atom. The Morgan fingerprint density at radius 3 is 2.46 bits per heavy atom. The van der Waals surface area contributed by atoms with Crippen LogP contribution in [0.15, 0.2) is 84.0 Å². The van der Waals surface area contributed by atoms with Gasteiger partial charge in [0.25, 0.3) is 0 Å². The first kappa shape index (κ1) is 26.2. The third kappa shape index (κ3) is 5.88. The van der Waals surface area contributed by atoms with Crippen LogP contribution in [0.25, 0.3) is 16.8 Å². The molecule has 0 bridgehead atoms. The molecule has 0 aliphatic rings. The van der Waals surface area contributed by atoms with Crippen LogP contribution in [0.3, 0.4) is 0 Å². The second kappa shape index (κ2) is 10.8. The SMILES string of the molecule is CC(CNc1c(-c2ccc(Cl)cc2)cnn2c(=O)n(Cc3ccc(C(F)(F)F)cc3)nc12)Oc1cccnc1. The van der Waals surface area contributed by atoms with Crippen LogP contribution < -0.4 is 15.7 Å². The third-order valence-electron chi connectivity index (χ3n) is 5.92. The number of halogens is 4. The Bertz CT molecular complexity index is 1640. The second-order valence-corrected chi connectivity index (χ2v) is 9.24. The van der Waals surface area contributed by atoms with E-state index in [1.807, 2.05) is 19.1 Å². The maximum absolute atomic E-state index is 13.1. The monoisotopic (exact) mass is 554 g/mol. The normalized spacial score (nSPS) is 12.4. The first-order valence-electron chi connectivity index (χ1n) is 11.9. The lowest BCUT2D eigenvalue weighted by atomic mass is 10.1. The summed E-state index contributed by atoms with van der Waals surface area (Å²) in [5, 5.41) is 12.7. The summed E-state index contributed by atoms with van der Waals surface area (Å²) in [6, 6.07) is 15.3. The average Bonchev–Trinajstić information content (AvgIpc) is 3.23. The second-order valence-electron chi connectivity index (χ2n) is 8.81. The van der Waals surface area contributed by atoms with Gasteiger partial charge in [-0.3, -0.25) is 4.98 Å². The summed E-state index contributed by atoms with van der Waals surface area (Å²) in [5.74, 6) is 0.613. The number of fused-ring (bicyclic) bond motifs is 1. The van der Waals surface area contributed by atoms with Gasteiger partial charge in [-0.2, -0.15) is 22.8 Å². The minimum Gasteiger partial charge on any atom is -0.487 e. The lowest BCUT2D eigenvalue weighted by molar-refractivity contribution is -0.137. The first-order chi connectivity index (χ1) is 18.7. The molecule has 0 fully saturated rings.